The SMILES string of the molecule is CCCN(CCC)C(=O)c1nc(C(=O)N(CCC)CCC)n2c1CCCC2. The van der Waals surface area contributed by atoms with Crippen LogP contribution in [-0.4, -0.2) is 57.3 Å². The minimum atomic E-state index is -0.0292. The maximum Gasteiger partial charge on any atom is 0.289 e. The van der Waals surface area contributed by atoms with Gasteiger partial charge in [0.15, 0.2) is 5.82 Å². The van der Waals surface area contributed by atoms with Gasteiger partial charge < -0.3 is 14.4 Å². The lowest BCUT2D eigenvalue weighted by Crippen LogP contribution is -2.35. The molecule has 0 saturated heterocycles. The molecule has 1 aromatic heterocycles. The topological polar surface area (TPSA) is 58.4 Å². The molecular weight excluding hydrogens is 340 g/mol. The van der Waals surface area contributed by atoms with E-state index in [0.717, 1.165) is 83.4 Å². The minimum absolute atomic E-state index is 0.0130. The first kappa shape index (κ1) is 21.5. The monoisotopic (exact) mass is 376 g/mol. The Balaban J connectivity index is 2.40. The van der Waals surface area contributed by atoms with Crippen molar-refractivity contribution in [2.24, 2.45) is 0 Å². The summed E-state index contributed by atoms with van der Waals surface area (Å²) in [5.41, 5.74) is 1.47. The van der Waals surface area contributed by atoms with Crippen LogP contribution in [0.5, 0.6) is 0 Å². The van der Waals surface area contributed by atoms with E-state index >= 15 is 0 Å². The van der Waals surface area contributed by atoms with Crippen molar-refractivity contribution in [3.8, 4) is 0 Å². The molecule has 0 saturated carbocycles. The molecule has 0 fully saturated rings. The fourth-order valence-corrected chi connectivity index (χ4v) is 3.88. The molecule has 0 spiro atoms. The molecule has 2 rings (SSSR count). The maximum atomic E-state index is 13.2. The fraction of sp³-hybridized carbons (Fsp3) is 0.762. The van der Waals surface area contributed by atoms with E-state index in [2.05, 4.69) is 32.7 Å². The average molecular weight is 377 g/mol. The van der Waals surface area contributed by atoms with E-state index in [-0.39, 0.29) is 11.8 Å². The van der Waals surface area contributed by atoms with Crippen molar-refractivity contribution in [3.05, 3.63) is 17.2 Å². The third-order valence-electron chi connectivity index (χ3n) is 5.06. The molecule has 27 heavy (non-hydrogen) atoms. The first-order valence-electron chi connectivity index (χ1n) is 10.8. The van der Waals surface area contributed by atoms with E-state index in [9.17, 15) is 9.59 Å². The molecule has 0 radical (unpaired) electrons. The fourth-order valence-electron chi connectivity index (χ4n) is 3.88. The van der Waals surface area contributed by atoms with Crippen molar-refractivity contribution in [1.29, 1.82) is 0 Å². The Labute approximate surface area is 163 Å². The van der Waals surface area contributed by atoms with Gasteiger partial charge in [-0.2, -0.15) is 0 Å². The molecule has 0 aliphatic carbocycles. The maximum absolute atomic E-state index is 13.2. The average Bonchev–Trinajstić information content (AvgIpc) is 3.06. The van der Waals surface area contributed by atoms with Gasteiger partial charge in [-0.15, -0.1) is 0 Å². The number of aromatic nitrogens is 2. The first-order valence-corrected chi connectivity index (χ1v) is 10.8. The summed E-state index contributed by atoms with van der Waals surface area (Å²) in [5.74, 6) is 0.419. The van der Waals surface area contributed by atoms with Gasteiger partial charge in [-0.05, 0) is 44.9 Å². The number of nitrogens with zero attached hydrogens (tertiary/aromatic N) is 4. The van der Waals surface area contributed by atoms with Crippen LogP contribution in [-0.2, 0) is 13.0 Å². The van der Waals surface area contributed by atoms with Crippen LogP contribution < -0.4 is 0 Å². The van der Waals surface area contributed by atoms with Crippen LogP contribution in [0.4, 0.5) is 0 Å². The van der Waals surface area contributed by atoms with Gasteiger partial charge in [0.25, 0.3) is 11.8 Å². The highest BCUT2D eigenvalue weighted by atomic mass is 16.2. The highest BCUT2D eigenvalue weighted by Crippen LogP contribution is 2.23. The standard InChI is InChI=1S/C21H36N4O2/c1-5-12-23(13-6-2)20(26)18-17-11-9-10-16-25(17)19(22-18)21(27)24(14-7-3)15-8-4/h5-16H2,1-4H3. The molecule has 0 aromatic carbocycles. The van der Waals surface area contributed by atoms with Gasteiger partial charge >= 0.3 is 0 Å². The Kier molecular flexibility index (Phi) is 8.32. The summed E-state index contributed by atoms with van der Waals surface area (Å²) in [6.45, 7) is 12.1. The van der Waals surface area contributed by atoms with Crippen LogP contribution >= 0.6 is 0 Å². The summed E-state index contributed by atoms with van der Waals surface area (Å²) < 4.78 is 2.02. The van der Waals surface area contributed by atoms with Gasteiger partial charge in [-0.1, -0.05) is 27.7 Å². The number of hydrogen-bond donors (Lipinski definition) is 0. The van der Waals surface area contributed by atoms with Crippen molar-refractivity contribution < 1.29 is 9.59 Å². The highest BCUT2D eigenvalue weighted by Gasteiger charge is 2.31. The molecule has 1 aliphatic heterocycles. The van der Waals surface area contributed by atoms with Gasteiger partial charge in [0.05, 0.1) is 5.69 Å². The second-order valence-corrected chi connectivity index (χ2v) is 7.42. The molecule has 0 N–H and O–H groups in total. The number of carbonyl (C=O) groups is 2. The molecular formula is C21H36N4O2. The smallest absolute Gasteiger partial charge is 0.289 e. The zero-order chi connectivity index (χ0) is 19.8. The van der Waals surface area contributed by atoms with Gasteiger partial charge in [-0.25, -0.2) is 4.98 Å². The Morgan fingerprint density at radius 2 is 1.37 bits per heavy atom. The molecule has 6 nitrogen and oxygen atoms in total. The molecule has 2 amide bonds. The van der Waals surface area contributed by atoms with E-state index < -0.39 is 0 Å². The third-order valence-corrected chi connectivity index (χ3v) is 5.06. The Hall–Kier alpha value is -1.85. The highest BCUT2D eigenvalue weighted by molar-refractivity contribution is 5.97. The normalized spacial score (nSPS) is 13.3. The first-order chi connectivity index (χ1) is 13.1. The van der Waals surface area contributed by atoms with Crippen LogP contribution in [0.15, 0.2) is 0 Å². The molecule has 0 atom stereocenters. The Morgan fingerprint density at radius 1 is 0.852 bits per heavy atom. The van der Waals surface area contributed by atoms with Crippen LogP contribution in [0.25, 0.3) is 0 Å². The summed E-state index contributed by atoms with van der Waals surface area (Å²) >= 11 is 0. The largest absolute Gasteiger partial charge is 0.337 e. The summed E-state index contributed by atoms with van der Waals surface area (Å²) in [6.07, 6.45) is 6.61. The van der Waals surface area contributed by atoms with Crippen molar-refractivity contribution >= 4 is 11.8 Å². The summed E-state index contributed by atoms with van der Waals surface area (Å²) in [7, 11) is 0. The van der Waals surface area contributed by atoms with Crippen molar-refractivity contribution in [1.82, 2.24) is 19.4 Å². The lowest BCUT2D eigenvalue weighted by Gasteiger charge is -2.23. The van der Waals surface area contributed by atoms with Gasteiger partial charge in [-0.3, -0.25) is 9.59 Å². The second-order valence-electron chi connectivity index (χ2n) is 7.42. The number of hydrogen-bond acceptors (Lipinski definition) is 3. The summed E-state index contributed by atoms with van der Waals surface area (Å²) in [5, 5.41) is 0. The van der Waals surface area contributed by atoms with Crippen molar-refractivity contribution in [2.75, 3.05) is 26.2 Å². The Bertz CT molecular complexity index is 574. The molecule has 2 heterocycles. The second kappa shape index (κ2) is 10.5. The third kappa shape index (κ3) is 4.90. The molecule has 6 heteroatoms. The number of amides is 2. The van der Waals surface area contributed by atoms with E-state index in [1.807, 2.05) is 14.4 Å². The zero-order valence-corrected chi connectivity index (χ0v) is 17.6. The van der Waals surface area contributed by atoms with E-state index in [1.54, 1.807) is 0 Å². The molecule has 0 bridgehead atoms. The van der Waals surface area contributed by atoms with Crippen LogP contribution in [0.3, 0.4) is 0 Å². The summed E-state index contributed by atoms with van der Waals surface area (Å²) in [6, 6.07) is 0. The predicted octanol–water partition coefficient (Wildman–Crippen LogP) is 3.74. The van der Waals surface area contributed by atoms with Crippen molar-refractivity contribution in [2.45, 2.75) is 79.2 Å². The van der Waals surface area contributed by atoms with E-state index in [4.69, 9.17) is 0 Å². The number of rotatable bonds is 10. The number of carbonyl (C=O) groups excluding carboxylic acids is 2. The Morgan fingerprint density at radius 3 is 1.89 bits per heavy atom. The van der Waals surface area contributed by atoms with Crippen molar-refractivity contribution in [3.63, 3.8) is 0 Å². The number of imidazole rings is 1. The van der Waals surface area contributed by atoms with Gasteiger partial charge in [0, 0.05) is 32.7 Å². The minimum Gasteiger partial charge on any atom is -0.337 e. The van der Waals surface area contributed by atoms with Crippen LogP contribution in [0, 0.1) is 0 Å². The van der Waals surface area contributed by atoms with E-state index in [0.29, 0.717) is 11.5 Å². The van der Waals surface area contributed by atoms with Gasteiger partial charge in [0.2, 0.25) is 0 Å². The molecule has 1 aliphatic rings. The molecule has 1 aromatic rings. The van der Waals surface area contributed by atoms with Crippen LogP contribution in [0.1, 0.15) is 93.0 Å². The molecule has 0 unspecified atom stereocenters. The summed E-state index contributed by atoms with van der Waals surface area (Å²) in [4.78, 5) is 34.8. The lowest BCUT2D eigenvalue weighted by molar-refractivity contribution is 0.0737. The zero-order valence-electron chi connectivity index (χ0n) is 17.6. The van der Waals surface area contributed by atoms with E-state index in [1.165, 1.54) is 0 Å². The number of fused-ring (bicyclic) bond motifs is 1. The predicted molar refractivity (Wildman–Crippen MR) is 108 cm³/mol. The lowest BCUT2D eigenvalue weighted by atomic mass is 10.1. The quantitative estimate of drug-likeness (QED) is 0.625. The van der Waals surface area contributed by atoms with Crippen LogP contribution in [0.2, 0.25) is 0 Å². The van der Waals surface area contributed by atoms with Gasteiger partial charge in [0.1, 0.15) is 5.69 Å². The molecule has 152 valence electrons.